The van der Waals surface area contributed by atoms with E-state index in [4.69, 9.17) is 16.3 Å². The molecule has 0 unspecified atom stereocenters. The number of allylic oxidation sites excluding steroid dienone is 1. The third-order valence-corrected chi connectivity index (χ3v) is 14.0. The molecule has 10 nitrogen and oxygen atoms in total. The highest BCUT2D eigenvalue weighted by atomic mass is 35.5. The van der Waals surface area contributed by atoms with Crippen molar-refractivity contribution in [2.24, 2.45) is 11.8 Å². The van der Waals surface area contributed by atoms with E-state index in [0.717, 1.165) is 37.7 Å². The fourth-order valence-corrected chi connectivity index (χ4v) is 10.2. The van der Waals surface area contributed by atoms with Gasteiger partial charge in [0.25, 0.3) is 5.91 Å². The Balaban J connectivity index is 1.34. The van der Waals surface area contributed by atoms with Crippen molar-refractivity contribution in [2.45, 2.75) is 81.5 Å². The summed E-state index contributed by atoms with van der Waals surface area (Å²) in [5, 5.41) is 9.20. The van der Waals surface area contributed by atoms with Gasteiger partial charge in [0.2, 0.25) is 15.9 Å². The number of hydrogen-bond acceptors (Lipinski definition) is 8. The number of sulfonamides is 1. The highest BCUT2D eigenvalue weighted by Crippen LogP contribution is 2.45. The third-order valence-electron chi connectivity index (χ3n) is 11.9. The Bertz CT molecular complexity index is 1900. The lowest BCUT2D eigenvalue weighted by molar-refractivity contribution is -0.135. The van der Waals surface area contributed by atoms with E-state index < -0.39 is 44.4 Å². The lowest BCUT2D eigenvalue weighted by Gasteiger charge is -2.42. The van der Waals surface area contributed by atoms with Gasteiger partial charge in [-0.25, -0.2) is 17.5 Å². The number of benzene rings is 2. The highest BCUT2D eigenvalue weighted by molar-refractivity contribution is 7.90. The van der Waals surface area contributed by atoms with Gasteiger partial charge in [-0.15, -0.1) is 0 Å². The molecule has 2 saturated heterocycles. The SMILES string of the molecule is C[C@@H]1[C@@H](C)C/C=C(\F)[C@H](C(=O)N2CC[C@@H](C#N)C2)N2CCC[C@H]2CN2C[C@@]3(CCCc4cc(Cl)ccc43)COc3ccc(cc32)C(=O)NS1(=O)=O. The zero-order valence-electron chi connectivity index (χ0n) is 29.1. The van der Waals surface area contributed by atoms with Gasteiger partial charge in [0.05, 0.1) is 29.5 Å². The van der Waals surface area contributed by atoms with Gasteiger partial charge in [-0.1, -0.05) is 30.7 Å². The molecule has 5 aliphatic rings. The van der Waals surface area contributed by atoms with Crippen LogP contribution in [-0.2, 0) is 26.7 Å². The van der Waals surface area contributed by atoms with Gasteiger partial charge < -0.3 is 14.5 Å². The Morgan fingerprint density at radius 3 is 2.73 bits per heavy atom. The number of carbonyl (C=O) groups excluding carboxylic acids is 2. The maximum absolute atomic E-state index is 16.7. The molecule has 1 spiro atoms. The second kappa shape index (κ2) is 14.1. The summed E-state index contributed by atoms with van der Waals surface area (Å²) in [6, 6.07) is 11.9. The lowest BCUT2D eigenvalue weighted by atomic mass is 9.70. The van der Waals surface area contributed by atoms with Gasteiger partial charge in [0.1, 0.15) is 17.6 Å². The molecule has 7 rings (SSSR count). The summed E-state index contributed by atoms with van der Waals surface area (Å²) in [6.07, 6.45) is 6.13. The first-order valence-corrected chi connectivity index (χ1v) is 20.0. The van der Waals surface area contributed by atoms with E-state index in [1.54, 1.807) is 30.0 Å². The van der Waals surface area contributed by atoms with Crippen LogP contribution in [0.25, 0.3) is 0 Å². The number of fused-ring (bicyclic) bond motifs is 4. The highest BCUT2D eigenvalue weighted by Gasteiger charge is 2.46. The van der Waals surface area contributed by atoms with E-state index in [1.165, 1.54) is 18.6 Å². The van der Waals surface area contributed by atoms with E-state index in [9.17, 15) is 23.3 Å². The second-order valence-corrected chi connectivity index (χ2v) is 17.6. The van der Waals surface area contributed by atoms with Gasteiger partial charge in [-0.05, 0) is 106 Å². The van der Waals surface area contributed by atoms with Gasteiger partial charge in [-0.3, -0.25) is 14.5 Å². The summed E-state index contributed by atoms with van der Waals surface area (Å²) in [7, 11) is -4.14. The minimum absolute atomic E-state index is 0.0550. The van der Waals surface area contributed by atoms with E-state index in [2.05, 4.69) is 21.8 Å². The van der Waals surface area contributed by atoms with Crippen LogP contribution < -0.4 is 14.4 Å². The van der Waals surface area contributed by atoms with Crippen molar-refractivity contribution in [2.75, 3.05) is 44.2 Å². The number of nitriles is 1. The van der Waals surface area contributed by atoms with E-state index >= 15 is 4.39 Å². The van der Waals surface area contributed by atoms with Crippen molar-refractivity contribution in [3.05, 3.63) is 70.0 Å². The van der Waals surface area contributed by atoms with Crippen LogP contribution in [0.1, 0.15) is 73.9 Å². The number of ether oxygens (including phenoxy) is 1. The molecule has 0 aromatic heterocycles. The Morgan fingerprint density at radius 1 is 1.12 bits per heavy atom. The van der Waals surface area contributed by atoms with Crippen molar-refractivity contribution in [3.8, 4) is 11.8 Å². The van der Waals surface area contributed by atoms with Crippen LogP contribution in [0.2, 0.25) is 5.02 Å². The van der Waals surface area contributed by atoms with Crippen LogP contribution in [0.5, 0.6) is 5.75 Å². The monoisotopic (exact) mass is 737 g/mol. The Kier molecular flexibility index (Phi) is 9.84. The Labute approximate surface area is 304 Å². The average Bonchev–Trinajstić information content (AvgIpc) is 3.75. The zero-order valence-corrected chi connectivity index (χ0v) is 30.7. The fourth-order valence-electron chi connectivity index (χ4n) is 8.75. The summed E-state index contributed by atoms with van der Waals surface area (Å²) in [5.74, 6) is -2.01. The van der Waals surface area contributed by atoms with Crippen molar-refractivity contribution in [1.29, 1.82) is 5.26 Å². The third kappa shape index (κ3) is 6.85. The number of rotatable bonds is 1. The summed E-state index contributed by atoms with van der Waals surface area (Å²) >= 11 is 6.44. The first-order chi connectivity index (χ1) is 24.4. The number of nitrogens with one attached hydrogen (secondary N) is 1. The molecule has 4 aliphatic heterocycles. The Morgan fingerprint density at radius 2 is 1.94 bits per heavy atom. The number of aryl methyl sites for hydroxylation is 1. The summed E-state index contributed by atoms with van der Waals surface area (Å²) in [5.41, 5.74) is 2.76. The van der Waals surface area contributed by atoms with E-state index in [0.29, 0.717) is 55.7 Å². The van der Waals surface area contributed by atoms with Gasteiger partial charge in [0, 0.05) is 48.2 Å². The van der Waals surface area contributed by atoms with Crippen LogP contribution in [0.15, 0.2) is 48.3 Å². The minimum Gasteiger partial charge on any atom is -0.490 e. The number of amides is 2. The first-order valence-electron chi connectivity index (χ1n) is 18.1. The minimum atomic E-state index is -4.14. The number of likely N-dealkylation sites (tertiary alicyclic amines) is 1. The van der Waals surface area contributed by atoms with Crippen molar-refractivity contribution in [3.63, 3.8) is 0 Å². The molecular formula is C38H45ClFN5O5S. The molecule has 13 heteroatoms. The number of hydrogen-bond donors (Lipinski definition) is 1. The molecule has 4 heterocycles. The molecular weight excluding hydrogens is 693 g/mol. The quantitative estimate of drug-likeness (QED) is 0.415. The zero-order chi connectivity index (χ0) is 36.1. The second-order valence-electron chi connectivity index (χ2n) is 15.1. The van der Waals surface area contributed by atoms with Crippen LogP contribution in [0.4, 0.5) is 10.1 Å². The fraction of sp³-hybridized carbons (Fsp3) is 0.553. The molecule has 2 bridgehead atoms. The van der Waals surface area contributed by atoms with Gasteiger partial charge in [-0.2, -0.15) is 5.26 Å². The van der Waals surface area contributed by atoms with Crippen molar-refractivity contribution in [1.82, 2.24) is 14.5 Å². The molecule has 51 heavy (non-hydrogen) atoms. The van der Waals surface area contributed by atoms with Crippen molar-refractivity contribution >= 4 is 39.1 Å². The van der Waals surface area contributed by atoms with Crippen LogP contribution in [0.3, 0.4) is 0 Å². The summed E-state index contributed by atoms with van der Waals surface area (Å²) in [6.45, 7) is 5.69. The number of anilines is 1. The molecule has 1 aliphatic carbocycles. The van der Waals surface area contributed by atoms with Gasteiger partial charge in [0.15, 0.2) is 0 Å². The van der Waals surface area contributed by atoms with Crippen LogP contribution >= 0.6 is 11.6 Å². The smallest absolute Gasteiger partial charge is 0.264 e. The largest absolute Gasteiger partial charge is 0.490 e. The van der Waals surface area contributed by atoms with Crippen molar-refractivity contribution < 1.29 is 27.1 Å². The average molecular weight is 738 g/mol. The predicted molar refractivity (Wildman–Crippen MR) is 193 cm³/mol. The van der Waals surface area contributed by atoms with Gasteiger partial charge >= 0.3 is 0 Å². The summed E-state index contributed by atoms with van der Waals surface area (Å²) in [4.78, 5) is 33.6. The number of nitrogens with zero attached hydrogens (tertiary/aromatic N) is 4. The molecule has 0 saturated carbocycles. The predicted octanol–water partition coefficient (Wildman–Crippen LogP) is 5.36. The van der Waals surface area contributed by atoms with Crippen LogP contribution in [0, 0.1) is 23.2 Å². The molecule has 2 fully saturated rings. The van der Waals surface area contributed by atoms with E-state index in [-0.39, 0.29) is 36.4 Å². The molecule has 272 valence electrons. The summed E-state index contributed by atoms with van der Waals surface area (Å²) < 4.78 is 52.4. The molecule has 6 atom stereocenters. The molecule has 2 aromatic rings. The topological polar surface area (TPSA) is 123 Å². The Hall–Kier alpha value is -3.66. The number of halogens is 2. The number of carbonyl (C=O) groups is 2. The van der Waals surface area contributed by atoms with Crippen LogP contribution in [-0.4, -0.2) is 86.7 Å². The maximum atomic E-state index is 16.7. The standard InChI is InChI=1S/C38H45ClFN5O5S/c1-24-7-11-32(40)35(37(47)43-16-13-26(19-41)20-43)45-15-4-6-30(45)21-44-22-38(14-3-5-27-17-29(39)9-10-31(27)38)23-50-34-12-8-28(18-33(34)44)36(46)42-51(48,49)25(24)2/h8-12,17-18,24-26,30,35H,3-7,13-16,20-23H2,1-2H3,(H,42,46)/b32-11-/t24-,25+,26-,30-,35+,38-/m0/s1. The first kappa shape index (κ1) is 35.7. The van der Waals surface area contributed by atoms with E-state index in [1.807, 2.05) is 17.0 Å². The molecule has 2 aromatic carbocycles. The molecule has 1 N–H and O–H groups in total. The normalized spacial score (nSPS) is 32.1. The molecule has 0 radical (unpaired) electrons. The lowest BCUT2D eigenvalue weighted by Crippen LogP contribution is -2.54. The molecule has 2 amide bonds. The maximum Gasteiger partial charge on any atom is 0.264 e.